The average Bonchev–Trinajstić information content (AvgIpc) is 2.73. The van der Waals surface area contributed by atoms with Gasteiger partial charge in [-0.25, -0.2) is 4.39 Å². The Balaban J connectivity index is 1.51. The molecule has 1 aliphatic rings. The van der Waals surface area contributed by atoms with E-state index in [1.54, 1.807) is 23.9 Å². The van der Waals surface area contributed by atoms with Crippen molar-refractivity contribution in [1.29, 1.82) is 0 Å². The molecule has 0 spiro atoms. The Morgan fingerprint density at radius 3 is 2.71 bits per heavy atom. The second-order valence-electron chi connectivity index (χ2n) is 6.60. The first-order valence-electron chi connectivity index (χ1n) is 9.19. The number of nitrogens with one attached hydrogen (secondary N) is 1. The fourth-order valence-corrected chi connectivity index (χ4v) is 4.40. The molecule has 0 aliphatic carbocycles. The lowest BCUT2D eigenvalue weighted by Crippen LogP contribution is -2.31. The second-order valence-corrected chi connectivity index (χ2v) is 7.74. The highest BCUT2D eigenvalue weighted by molar-refractivity contribution is 7.99. The molecule has 0 radical (unpaired) electrons. The van der Waals surface area contributed by atoms with Crippen LogP contribution in [0.25, 0.3) is 0 Å². The SMILES string of the molecule is O=C(NC1CCSc2ccc(F)cc21)c1ccccc1COc1ccccc1. The van der Waals surface area contributed by atoms with E-state index >= 15 is 0 Å². The zero-order valence-corrected chi connectivity index (χ0v) is 16.0. The van der Waals surface area contributed by atoms with Crippen LogP contribution in [0.15, 0.2) is 77.7 Å². The Labute approximate surface area is 167 Å². The van der Waals surface area contributed by atoms with Gasteiger partial charge in [-0.15, -0.1) is 11.8 Å². The van der Waals surface area contributed by atoms with Crippen molar-refractivity contribution >= 4 is 17.7 Å². The van der Waals surface area contributed by atoms with Gasteiger partial charge in [-0.1, -0.05) is 36.4 Å². The maximum Gasteiger partial charge on any atom is 0.252 e. The van der Waals surface area contributed by atoms with E-state index in [0.717, 1.165) is 33.9 Å². The lowest BCUT2D eigenvalue weighted by molar-refractivity contribution is 0.0932. The van der Waals surface area contributed by atoms with Gasteiger partial charge in [-0.3, -0.25) is 4.79 Å². The number of fused-ring (bicyclic) bond motifs is 1. The van der Waals surface area contributed by atoms with E-state index in [1.807, 2.05) is 48.5 Å². The molecule has 0 fully saturated rings. The predicted molar refractivity (Wildman–Crippen MR) is 109 cm³/mol. The maximum atomic E-state index is 13.7. The van der Waals surface area contributed by atoms with Crippen molar-refractivity contribution < 1.29 is 13.9 Å². The minimum Gasteiger partial charge on any atom is -0.489 e. The van der Waals surface area contributed by atoms with Crippen LogP contribution in [-0.4, -0.2) is 11.7 Å². The number of halogens is 1. The molecule has 1 aliphatic heterocycles. The van der Waals surface area contributed by atoms with Gasteiger partial charge in [-0.05, 0) is 48.4 Å². The van der Waals surface area contributed by atoms with E-state index in [9.17, 15) is 9.18 Å². The van der Waals surface area contributed by atoms with Crippen LogP contribution in [0.1, 0.15) is 33.9 Å². The Bertz CT molecular complexity index is 977. The van der Waals surface area contributed by atoms with Crippen LogP contribution in [-0.2, 0) is 6.61 Å². The zero-order chi connectivity index (χ0) is 19.3. The number of carbonyl (C=O) groups is 1. The maximum absolute atomic E-state index is 13.7. The molecule has 3 aromatic carbocycles. The van der Waals surface area contributed by atoms with E-state index < -0.39 is 0 Å². The molecule has 142 valence electrons. The van der Waals surface area contributed by atoms with Crippen LogP contribution < -0.4 is 10.1 Å². The quantitative estimate of drug-likeness (QED) is 0.633. The summed E-state index contributed by atoms with van der Waals surface area (Å²) in [6, 6.07) is 21.5. The molecular weight excluding hydrogens is 373 g/mol. The summed E-state index contributed by atoms with van der Waals surface area (Å²) >= 11 is 1.69. The molecule has 3 nitrogen and oxygen atoms in total. The summed E-state index contributed by atoms with van der Waals surface area (Å²) in [6.45, 7) is 0.305. The first-order chi connectivity index (χ1) is 13.7. The average molecular weight is 393 g/mol. The molecule has 28 heavy (non-hydrogen) atoms. The number of rotatable bonds is 5. The topological polar surface area (TPSA) is 38.3 Å². The summed E-state index contributed by atoms with van der Waals surface area (Å²) in [5.41, 5.74) is 2.24. The second kappa shape index (κ2) is 8.48. The molecular formula is C23H20FNO2S. The van der Waals surface area contributed by atoms with Crippen molar-refractivity contribution in [2.45, 2.75) is 24.0 Å². The fraction of sp³-hybridized carbons (Fsp3) is 0.174. The third kappa shape index (κ3) is 4.20. The summed E-state index contributed by atoms with van der Waals surface area (Å²) in [7, 11) is 0. The number of carbonyl (C=O) groups excluding carboxylic acids is 1. The molecule has 1 amide bonds. The van der Waals surface area contributed by atoms with Crippen molar-refractivity contribution in [2.75, 3.05) is 5.75 Å². The lowest BCUT2D eigenvalue weighted by atomic mass is 10.0. The van der Waals surface area contributed by atoms with Gasteiger partial charge in [0.25, 0.3) is 5.91 Å². The van der Waals surface area contributed by atoms with Gasteiger partial charge in [0, 0.05) is 21.8 Å². The first-order valence-corrected chi connectivity index (χ1v) is 10.2. The number of hydrogen-bond acceptors (Lipinski definition) is 3. The van der Waals surface area contributed by atoms with Crippen LogP contribution in [0.5, 0.6) is 5.75 Å². The van der Waals surface area contributed by atoms with Gasteiger partial charge in [0.15, 0.2) is 0 Å². The fourth-order valence-electron chi connectivity index (χ4n) is 3.30. The lowest BCUT2D eigenvalue weighted by Gasteiger charge is -2.26. The third-order valence-electron chi connectivity index (χ3n) is 4.72. The summed E-state index contributed by atoms with van der Waals surface area (Å²) in [5, 5.41) is 3.08. The smallest absolute Gasteiger partial charge is 0.252 e. The first kappa shape index (κ1) is 18.6. The van der Waals surface area contributed by atoms with Crippen LogP contribution in [0.2, 0.25) is 0 Å². The predicted octanol–water partition coefficient (Wildman–Crippen LogP) is 5.37. The Morgan fingerprint density at radius 1 is 1.07 bits per heavy atom. The minimum atomic E-state index is -0.280. The number of amides is 1. The van der Waals surface area contributed by atoms with Gasteiger partial charge in [0.05, 0.1) is 6.04 Å². The molecule has 0 bridgehead atoms. The van der Waals surface area contributed by atoms with Crippen LogP contribution in [0.3, 0.4) is 0 Å². The molecule has 5 heteroatoms. The summed E-state index contributed by atoms with van der Waals surface area (Å²) < 4.78 is 19.5. The van der Waals surface area contributed by atoms with E-state index in [1.165, 1.54) is 12.1 Å². The van der Waals surface area contributed by atoms with E-state index in [0.29, 0.717) is 12.2 Å². The monoisotopic (exact) mass is 393 g/mol. The number of thioether (sulfide) groups is 1. The zero-order valence-electron chi connectivity index (χ0n) is 15.2. The molecule has 4 rings (SSSR count). The molecule has 3 aromatic rings. The van der Waals surface area contributed by atoms with Crippen molar-refractivity contribution in [3.63, 3.8) is 0 Å². The molecule has 0 saturated heterocycles. The minimum absolute atomic E-state index is 0.167. The molecule has 1 heterocycles. The van der Waals surface area contributed by atoms with E-state index in [-0.39, 0.29) is 17.8 Å². The summed E-state index contributed by atoms with van der Waals surface area (Å²) in [4.78, 5) is 14.0. The molecule has 1 atom stereocenters. The number of benzene rings is 3. The highest BCUT2D eigenvalue weighted by Gasteiger charge is 2.24. The van der Waals surface area contributed by atoms with E-state index in [4.69, 9.17) is 4.74 Å². The Kier molecular flexibility index (Phi) is 5.63. The van der Waals surface area contributed by atoms with Gasteiger partial charge in [-0.2, -0.15) is 0 Å². The van der Waals surface area contributed by atoms with Gasteiger partial charge < -0.3 is 10.1 Å². The normalized spacial score (nSPS) is 15.5. The number of ether oxygens (including phenoxy) is 1. The molecule has 0 aromatic heterocycles. The standard InChI is InChI=1S/C23H20FNO2S/c24-17-10-11-22-20(14-17)21(12-13-28-22)25-23(26)19-9-5-4-6-16(19)15-27-18-7-2-1-3-8-18/h1-11,14,21H,12-13,15H2,(H,25,26). The van der Waals surface area contributed by atoms with Gasteiger partial charge in [0.2, 0.25) is 0 Å². The summed E-state index contributed by atoms with van der Waals surface area (Å²) in [6.07, 6.45) is 0.773. The Morgan fingerprint density at radius 2 is 1.86 bits per heavy atom. The number of hydrogen-bond donors (Lipinski definition) is 1. The van der Waals surface area contributed by atoms with Crippen molar-refractivity contribution in [3.05, 3.63) is 95.3 Å². The van der Waals surface area contributed by atoms with Crippen molar-refractivity contribution in [2.24, 2.45) is 0 Å². The molecule has 1 N–H and O–H groups in total. The van der Waals surface area contributed by atoms with Crippen molar-refractivity contribution in [1.82, 2.24) is 5.32 Å². The van der Waals surface area contributed by atoms with Crippen LogP contribution >= 0.6 is 11.8 Å². The largest absolute Gasteiger partial charge is 0.489 e. The Hall–Kier alpha value is -2.79. The molecule has 0 saturated carbocycles. The third-order valence-corrected chi connectivity index (χ3v) is 5.84. The highest BCUT2D eigenvalue weighted by atomic mass is 32.2. The van der Waals surface area contributed by atoms with E-state index in [2.05, 4.69) is 5.32 Å². The molecule has 1 unspecified atom stereocenters. The van der Waals surface area contributed by atoms with Crippen molar-refractivity contribution in [3.8, 4) is 5.75 Å². The van der Waals surface area contributed by atoms with Gasteiger partial charge >= 0.3 is 0 Å². The van der Waals surface area contributed by atoms with Crippen LogP contribution in [0, 0.1) is 5.82 Å². The van der Waals surface area contributed by atoms with Gasteiger partial charge in [0.1, 0.15) is 18.2 Å². The number of para-hydroxylation sites is 1. The van der Waals surface area contributed by atoms with Crippen LogP contribution in [0.4, 0.5) is 4.39 Å². The summed E-state index contributed by atoms with van der Waals surface area (Å²) in [5.74, 6) is 1.20. The highest BCUT2D eigenvalue weighted by Crippen LogP contribution is 2.36.